The van der Waals surface area contributed by atoms with Crippen molar-refractivity contribution in [3.63, 3.8) is 0 Å². The summed E-state index contributed by atoms with van der Waals surface area (Å²) in [5.41, 5.74) is 2.38. The van der Waals surface area contributed by atoms with Crippen molar-refractivity contribution in [3.8, 4) is 5.75 Å². The van der Waals surface area contributed by atoms with E-state index in [0.29, 0.717) is 29.2 Å². The Morgan fingerprint density at radius 2 is 1.79 bits per heavy atom. The molecule has 0 aromatic heterocycles. The zero-order valence-corrected chi connectivity index (χ0v) is 13.7. The highest BCUT2D eigenvalue weighted by molar-refractivity contribution is 6.04. The zero-order valence-electron chi connectivity index (χ0n) is 13.7. The van der Waals surface area contributed by atoms with Crippen LogP contribution in [0.3, 0.4) is 0 Å². The number of amides is 1. The Labute approximate surface area is 140 Å². The quantitative estimate of drug-likeness (QED) is 0.650. The smallest absolute Gasteiger partial charge is 0.337 e. The minimum atomic E-state index is -0.421. The fraction of sp³-hybridized carbons (Fsp3) is 0.158. The van der Waals surface area contributed by atoms with Crippen molar-refractivity contribution in [2.45, 2.75) is 6.92 Å². The first kappa shape index (κ1) is 17.3. The molecule has 2 aromatic rings. The number of hydrogen-bond acceptors (Lipinski definition) is 4. The van der Waals surface area contributed by atoms with Crippen LogP contribution in [-0.2, 0) is 4.74 Å². The van der Waals surface area contributed by atoms with Crippen molar-refractivity contribution in [2.24, 2.45) is 0 Å². The van der Waals surface area contributed by atoms with Gasteiger partial charge in [-0.15, -0.1) is 0 Å². The van der Waals surface area contributed by atoms with Gasteiger partial charge in [0.15, 0.2) is 0 Å². The Balaban J connectivity index is 2.05. The number of anilines is 1. The number of carbonyl (C=O) groups is 2. The molecule has 1 amide bonds. The summed E-state index contributed by atoms with van der Waals surface area (Å²) in [7, 11) is 1.32. The van der Waals surface area contributed by atoms with E-state index in [0.717, 1.165) is 5.57 Å². The molecule has 0 aliphatic carbocycles. The largest absolute Gasteiger partial charge is 0.489 e. The number of esters is 1. The van der Waals surface area contributed by atoms with Gasteiger partial charge in [-0.1, -0.05) is 12.6 Å². The summed E-state index contributed by atoms with van der Waals surface area (Å²) >= 11 is 0. The molecule has 124 valence electrons. The van der Waals surface area contributed by atoms with E-state index in [9.17, 15) is 9.59 Å². The molecule has 0 bridgehead atoms. The van der Waals surface area contributed by atoms with Crippen LogP contribution < -0.4 is 10.1 Å². The van der Waals surface area contributed by atoms with Gasteiger partial charge in [0, 0.05) is 11.3 Å². The number of carbonyl (C=O) groups excluding carboxylic acids is 2. The molecule has 5 heteroatoms. The molecule has 2 aromatic carbocycles. The maximum absolute atomic E-state index is 12.3. The highest BCUT2D eigenvalue weighted by Gasteiger charge is 2.09. The van der Waals surface area contributed by atoms with Crippen LogP contribution in [0.2, 0.25) is 0 Å². The van der Waals surface area contributed by atoms with Gasteiger partial charge in [-0.3, -0.25) is 4.79 Å². The monoisotopic (exact) mass is 325 g/mol. The number of nitrogens with one attached hydrogen (secondary N) is 1. The summed E-state index contributed by atoms with van der Waals surface area (Å²) in [6, 6.07) is 13.4. The molecule has 0 spiro atoms. The summed E-state index contributed by atoms with van der Waals surface area (Å²) in [4.78, 5) is 23.7. The molecule has 0 atom stereocenters. The Bertz CT molecular complexity index is 750. The maximum atomic E-state index is 12.3. The molecular weight excluding hydrogens is 306 g/mol. The zero-order chi connectivity index (χ0) is 17.5. The first-order valence-corrected chi connectivity index (χ1v) is 7.36. The molecule has 0 fully saturated rings. The molecule has 0 aliphatic heterocycles. The maximum Gasteiger partial charge on any atom is 0.337 e. The lowest BCUT2D eigenvalue weighted by Crippen LogP contribution is -2.12. The van der Waals surface area contributed by atoms with E-state index in [2.05, 4.69) is 16.6 Å². The minimum absolute atomic E-state index is 0.262. The first-order chi connectivity index (χ1) is 11.5. The summed E-state index contributed by atoms with van der Waals surface area (Å²) < 4.78 is 10.2. The van der Waals surface area contributed by atoms with Crippen molar-refractivity contribution in [1.82, 2.24) is 0 Å². The second-order valence-corrected chi connectivity index (χ2v) is 5.30. The topological polar surface area (TPSA) is 64.6 Å². The molecule has 0 saturated heterocycles. The molecule has 0 heterocycles. The van der Waals surface area contributed by atoms with E-state index in [1.165, 1.54) is 7.11 Å². The molecule has 24 heavy (non-hydrogen) atoms. The van der Waals surface area contributed by atoms with Crippen LogP contribution >= 0.6 is 0 Å². The lowest BCUT2D eigenvalue weighted by molar-refractivity contribution is 0.0600. The Kier molecular flexibility index (Phi) is 5.73. The summed E-state index contributed by atoms with van der Waals surface area (Å²) in [6.45, 7) is 6.04. The van der Waals surface area contributed by atoms with Crippen LogP contribution in [0.15, 0.2) is 60.7 Å². The van der Waals surface area contributed by atoms with Gasteiger partial charge in [0.2, 0.25) is 0 Å². The second kappa shape index (κ2) is 7.97. The van der Waals surface area contributed by atoms with Crippen molar-refractivity contribution >= 4 is 17.6 Å². The van der Waals surface area contributed by atoms with Gasteiger partial charge < -0.3 is 14.8 Å². The SMILES string of the molecule is C=C(C)COc1cccc(C(=O)Nc2ccc(C(=O)OC)cc2)c1. The van der Waals surface area contributed by atoms with Gasteiger partial charge in [0.05, 0.1) is 12.7 Å². The number of hydrogen-bond donors (Lipinski definition) is 1. The van der Waals surface area contributed by atoms with Crippen molar-refractivity contribution in [1.29, 1.82) is 0 Å². The average Bonchev–Trinajstić information content (AvgIpc) is 2.60. The van der Waals surface area contributed by atoms with Crippen molar-refractivity contribution in [2.75, 3.05) is 19.0 Å². The predicted octanol–water partition coefficient (Wildman–Crippen LogP) is 3.68. The third-order valence-electron chi connectivity index (χ3n) is 3.15. The van der Waals surface area contributed by atoms with Crippen molar-refractivity contribution < 1.29 is 19.1 Å². The molecule has 5 nitrogen and oxygen atoms in total. The van der Waals surface area contributed by atoms with Crippen LogP contribution in [0.5, 0.6) is 5.75 Å². The minimum Gasteiger partial charge on any atom is -0.489 e. The molecule has 1 N–H and O–H groups in total. The highest BCUT2D eigenvalue weighted by atomic mass is 16.5. The van der Waals surface area contributed by atoms with Crippen LogP contribution in [0.1, 0.15) is 27.6 Å². The van der Waals surface area contributed by atoms with E-state index < -0.39 is 5.97 Å². The summed E-state index contributed by atoms with van der Waals surface area (Å²) in [6.07, 6.45) is 0. The van der Waals surface area contributed by atoms with Gasteiger partial charge in [0.25, 0.3) is 5.91 Å². The molecular formula is C19H19NO4. The van der Waals surface area contributed by atoms with E-state index in [-0.39, 0.29) is 5.91 Å². The fourth-order valence-corrected chi connectivity index (χ4v) is 1.94. The van der Waals surface area contributed by atoms with E-state index >= 15 is 0 Å². The number of rotatable bonds is 6. The second-order valence-electron chi connectivity index (χ2n) is 5.30. The predicted molar refractivity (Wildman–Crippen MR) is 92.5 cm³/mol. The van der Waals surface area contributed by atoms with Gasteiger partial charge >= 0.3 is 5.97 Å². The van der Waals surface area contributed by atoms with Crippen LogP contribution in [0, 0.1) is 0 Å². The molecule has 0 unspecified atom stereocenters. The van der Waals surface area contributed by atoms with Gasteiger partial charge in [-0.05, 0) is 55.0 Å². The van der Waals surface area contributed by atoms with E-state index in [4.69, 9.17) is 4.74 Å². The molecule has 0 radical (unpaired) electrons. The van der Waals surface area contributed by atoms with Crippen LogP contribution in [-0.4, -0.2) is 25.6 Å². The summed E-state index contributed by atoms with van der Waals surface area (Å²) in [5, 5.41) is 2.77. The van der Waals surface area contributed by atoms with Gasteiger partial charge in [0.1, 0.15) is 12.4 Å². The Morgan fingerprint density at radius 3 is 2.42 bits per heavy atom. The van der Waals surface area contributed by atoms with E-state index in [1.807, 2.05) is 6.92 Å². The lowest BCUT2D eigenvalue weighted by atomic mass is 10.1. The normalized spacial score (nSPS) is 9.92. The lowest BCUT2D eigenvalue weighted by Gasteiger charge is -2.09. The Hall–Kier alpha value is -3.08. The molecule has 2 rings (SSSR count). The number of ether oxygens (including phenoxy) is 2. The number of benzene rings is 2. The average molecular weight is 325 g/mol. The molecule has 0 saturated carbocycles. The fourth-order valence-electron chi connectivity index (χ4n) is 1.94. The highest BCUT2D eigenvalue weighted by Crippen LogP contribution is 2.16. The molecule has 0 aliphatic rings. The third kappa shape index (κ3) is 4.71. The number of methoxy groups -OCH3 is 1. The third-order valence-corrected chi connectivity index (χ3v) is 3.15. The van der Waals surface area contributed by atoms with Crippen LogP contribution in [0.25, 0.3) is 0 Å². The van der Waals surface area contributed by atoms with Crippen molar-refractivity contribution in [3.05, 3.63) is 71.8 Å². The van der Waals surface area contributed by atoms with Crippen LogP contribution in [0.4, 0.5) is 5.69 Å². The van der Waals surface area contributed by atoms with E-state index in [1.54, 1.807) is 48.5 Å². The van der Waals surface area contributed by atoms with Gasteiger partial charge in [-0.25, -0.2) is 4.79 Å². The standard InChI is InChI=1S/C19H19NO4/c1-13(2)12-24-17-6-4-5-15(11-17)18(21)20-16-9-7-14(8-10-16)19(22)23-3/h4-11H,1,12H2,2-3H3,(H,20,21). The first-order valence-electron chi connectivity index (χ1n) is 7.36. The van der Waals surface area contributed by atoms with Gasteiger partial charge in [-0.2, -0.15) is 0 Å². The summed E-state index contributed by atoms with van der Waals surface area (Å²) in [5.74, 6) is -0.0801. The Morgan fingerprint density at radius 1 is 1.08 bits per heavy atom.